The van der Waals surface area contributed by atoms with Gasteiger partial charge in [0.2, 0.25) is 0 Å². The fraction of sp³-hybridized carbons (Fsp3) is 0.542. The van der Waals surface area contributed by atoms with Gasteiger partial charge >= 0.3 is 6.03 Å². The third kappa shape index (κ3) is 6.37. The second-order valence-electron chi connectivity index (χ2n) is 8.61. The van der Waals surface area contributed by atoms with Crippen LogP contribution in [0.25, 0.3) is 0 Å². The first-order valence-electron chi connectivity index (χ1n) is 11.4. The van der Waals surface area contributed by atoms with E-state index in [4.69, 9.17) is 4.74 Å². The normalized spacial score (nSPS) is 18.7. The molecule has 2 saturated heterocycles. The van der Waals surface area contributed by atoms with Crippen molar-refractivity contribution in [3.63, 3.8) is 0 Å². The summed E-state index contributed by atoms with van der Waals surface area (Å²) in [5.74, 6) is 1.47. The lowest BCUT2D eigenvalue weighted by molar-refractivity contribution is 0.175. The smallest absolute Gasteiger partial charge is 0.315 e. The number of carbonyl (C=O) groups excluding carboxylic acids is 1. The van der Waals surface area contributed by atoms with Crippen LogP contribution in [0.3, 0.4) is 0 Å². The summed E-state index contributed by atoms with van der Waals surface area (Å²) in [4.78, 5) is 18.7. The molecule has 6 nitrogen and oxygen atoms in total. The van der Waals surface area contributed by atoms with E-state index >= 15 is 0 Å². The van der Waals surface area contributed by atoms with Crippen molar-refractivity contribution in [2.75, 3.05) is 44.7 Å². The van der Waals surface area contributed by atoms with Crippen LogP contribution in [0.2, 0.25) is 0 Å². The van der Waals surface area contributed by atoms with Gasteiger partial charge < -0.3 is 20.3 Å². The summed E-state index contributed by atoms with van der Waals surface area (Å²) < 4.78 is 5.24. The number of amides is 2. The molecule has 0 aliphatic carbocycles. The number of nitrogens with zero attached hydrogens (tertiary/aromatic N) is 2. The zero-order chi connectivity index (χ0) is 21.5. The predicted molar refractivity (Wildman–Crippen MR) is 127 cm³/mol. The molecule has 2 N–H and O–H groups in total. The third-order valence-electron chi connectivity index (χ3n) is 6.49. The Balaban J connectivity index is 1.11. The van der Waals surface area contributed by atoms with E-state index in [1.165, 1.54) is 10.6 Å². The lowest BCUT2D eigenvalue weighted by Gasteiger charge is -2.34. The number of ether oxygens (including phenoxy) is 1. The van der Waals surface area contributed by atoms with Gasteiger partial charge in [0, 0.05) is 42.8 Å². The van der Waals surface area contributed by atoms with Crippen molar-refractivity contribution >= 4 is 23.1 Å². The summed E-state index contributed by atoms with van der Waals surface area (Å²) in [5, 5.41) is 8.45. The Morgan fingerprint density at radius 3 is 2.45 bits per heavy atom. The molecule has 2 aliphatic rings. The lowest BCUT2D eigenvalue weighted by atomic mass is 9.97. The summed E-state index contributed by atoms with van der Waals surface area (Å²) >= 11 is 1.83. The van der Waals surface area contributed by atoms with Crippen LogP contribution < -0.4 is 20.3 Å². The number of rotatable bonds is 7. The van der Waals surface area contributed by atoms with Crippen molar-refractivity contribution in [2.45, 2.75) is 38.3 Å². The molecule has 168 valence electrons. The van der Waals surface area contributed by atoms with E-state index in [-0.39, 0.29) is 12.1 Å². The highest BCUT2D eigenvalue weighted by molar-refractivity contribution is 7.09. The number of thiophene rings is 1. The molecule has 2 amide bonds. The number of methoxy groups -OCH3 is 1. The summed E-state index contributed by atoms with van der Waals surface area (Å²) in [7, 11) is 1.69. The Morgan fingerprint density at radius 2 is 1.81 bits per heavy atom. The van der Waals surface area contributed by atoms with E-state index in [0.717, 1.165) is 70.7 Å². The summed E-state index contributed by atoms with van der Waals surface area (Å²) in [6.07, 6.45) is 4.26. The quantitative estimate of drug-likeness (QED) is 0.682. The van der Waals surface area contributed by atoms with Crippen molar-refractivity contribution < 1.29 is 9.53 Å². The first kappa shape index (κ1) is 22.0. The van der Waals surface area contributed by atoms with Crippen LogP contribution in [0.15, 0.2) is 41.8 Å². The molecule has 0 radical (unpaired) electrons. The summed E-state index contributed by atoms with van der Waals surface area (Å²) in [6, 6.07) is 12.8. The highest BCUT2D eigenvalue weighted by Crippen LogP contribution is 2.23. The highest BCUT2D eigenvalue weighted by atomic mass is 32.1. The Bertz CT molecular complexity index is 795. The first-order valence-corrected chi connectivity index (χ1v) is 12.3. The van der Waals surface area contributed by atoms with Gasteiger partial charge in [0.15, 0.2) is 0 Å². The zero-order valence-electron chi connectivity index (χ0n) is 18.4. The van der Waals surface area contributed by atoms with E-state index in [1.54, 1.807) is 7.11 Å². The minimum atomic E-state index is -0.0103. The van der Waals surface area contributed by atoms with E-state index in [1.807, 2.05) is 23.5 Å². The molecule has 1 aromatic carbocycles. The molecular formula is C24H34N4O2S. The van der Waals surface area contributed by atoms with Gasteiger partial charge in [0.25, 0.3) is 0 Å². The molecule has 2 aromatic rings. The molecule has 1 aromatic heterocycles. The fourth-order valence-electron chi connectivity index (χ4n) is 4.52. The van der Waals surface area contributed by atoms with Gasteiger partial charge in [-0.15, -0.1) is 11.3 Å². The number of likely N-dealkylation sites (tertiary alicyclic amines) is 1. The average molecular weight is 443 g/mol. The van der Waals surface area contributed by atoms with Gasteiger partial charge in [-0.2, -0.15) is 0 Å². The van der Waals surface area contributed by atoms with Crippen LogP contribution in [0.1, 0.15) is 30.6 Å². The summed E-state index contributed by atoms with van der Waals surface area (Å²) in [5.41, 5.74) is 1.22. The second kappa shape index (κ2) is 10.9. The fourth-order valence-corrected chi connectivity index (χ4v) is 5.27. The van der Waals surface area contributed by atoms with Crippen molar-refractivity contribution in [3.8, 4) is 5.75 Å². The maximum atomic E-state index is 12.4. The molecule has 7 heteroatoms. The first-order chi connectivity index (χ1) is 15.2. The van der Waals surface area contributed by atoms with Crippen LogP contribution in [-0.4, -0.2) is 56.8 Å². The molecule has 0 spiro atoms. The monoisotopic (exact) mass is 442 g/mol. The number of nitrogens with one attached hydrogen (secondary N) is 2. The molecule has 0 unspecified atom stereocenters. The number of piperidine rings is 2. The molecule has 3 heterocycles. The number of hydrogen-bond acceptors (Lipinski definition) is 5. The minimum Gasteiger partial charge on any atom is -0.497 e. The van der Waals surface area contributed by atoms with Gasteiger partial charge in [0.1, 0.15) is 5.75 Å². The number of hydrogen-bond donors (Lipinski definition) is 2. The zero-order valence-corrected chi connectivity index (χ0v) is 19.2. The molecule has 31 heavy (non-hydrogen) atoms. The van der Waals surface area contributed by atoms with Crippen LogP contribution in [0.4, 0.5) is 10.5 Å². The number of urea groups is 1. The van der Waals surface area contributed by atoms with Crippen LogP contribution in [0, 0.1) is 5.92 Å². The lowest BCUT2D eigenvalue weighted by Crippen LogP contribution is -2.49. The van der Waals surface area contributed by atoms with Crippen LogP contribution in [-0.2, 0) is 6.54 Å². The second-order valence-corrected chi connectivity index (χ2v) is 9.64. The van der Waals surface area contributed by atoms with Crippen molar-refractivity contribution in [2.24, 2.45) is 5.92 Å². The minimum absolute atomic E-state index is 0.0103. The largest absolute Gasteiger partial charge is 0.497 e. The molecule has 2 aliphatic heterocycles. The number of carbonyl (C=O) groups is 1. The SMILES string of the molecule is COc1ccc(N2CCC(NC(=O)NCC3CCN(Cc4cccs4)CC3)CC2)cc1. The van der Waals surface area contributed by atoms with Crippen LogP contribution >= 0.6 is 11.3 Å². The van der Waals surface area contributed by atoms with E-state index in [2.05, 4.69) is 50.1 Å². The number of anilines is 1. The molecule has 0 atom stereocenters. The maximum absolute atomic E-state index is 12.4. The number of benzene rings is 1. The Hall–Kier alpha value is -2.25. The third-order valence-corrected chi connectivity index (χ3v) is 7.35. The Kier molecular flexibility index (Phi) is 7.70. The van der Waals surface area contributed by atoms with E-state index in [9.17, 15) is 4.79 Å². The van der Waals surface area contributed by atoms with Gasteiger partial charge in [-0.1, -0.05) is 6.07 Å². The summed E-state index contributed by atoms with van der Waals surface area (Å²) in [6.45, 7) is 6.00. The van der Waals surface area contributed by atoms with Gasteiger partial charge in [-0.05, 0) is 80.4 Å². The van der Waals surface area contributed by atoms with Crippen molar-refractivity contribution in [3.05, 3.63) is 46.7 Å². The Morgan fingerprint density at radius 1 is 1.06 bits per heavy atom. The average Bonchev–Trinajstić information content (AvgIpc) is 3.32. The molecule has 4 rings (SSSR count). The standard InChI is InChI=1S/C24H34N4O2S/c1-30-22-6-4-21(5-7-22)28-14-10-20(11-15-28)26-24(29)25-17-19-8-12-27(13-9-19)18-23-3-2-16-31-23/h2-7,16,19-20H,8-15,17-18H2,1H3,(H2,25,26,29). The Labute approximate surface area is 189 Å². The highest BCUT2D eigenvalue weighted by Gasteiger charge is 2.23. The maximum Gasteiger partial charge on any atom is 0.315 e. The predicted octanol–water partition coefficient (Wildman–Crippen LogP) is 3.94. The van der Waals surface area contributed by atoms with E-state index < -0.39 is 0 Å². The molecule has 0 saturated carbocycles. The van der Waals surface area contributed by atoms with Gasteiger partial charge in [-0.25, -0.2) is 4.79 Å². The van der Waals surface area contributed by atoms with Crippen LogP contribution in [0.5, 0.6) is 5.75 Å². The van der Waals surface area contributed by atoms with Gasteiger partial charge in [-0.3, -0.25) is 4.90 Å². The van der Waals surface area contributed by atoms with Crippen molar-refractivity contribution in [1.29, 1.82) is 0 Å². The van der Waals surface area contributed by atoms with Crippen molar-refractivity contribution in [1.82, 2.24) is 15.5 Å². The van der Waals surface area contributed by atoms with Gasteiger partial charge in [0.05, 0.1) is 7.11 Å². The topological polar surface area (TPSA) is 56.8 Å². The molecule has 2 fully saturated rings. The molecular weight excluding hydrogens is 408 g/mol. The molecule has 0 bridgehead atoms. The van der Waals surface area contributed by atoms with E-state index in [0.29, 0.717) is 5.92 Å².